The van der Waals surface area contributed by atoms with Gasteiger partial charge < -0.3 is 10.3 Å². The predicted molar refractivity (Wildman–Crippen MR) is 84.5 cm³/mol. The molecule has 0 unspecified atom stereocenters. The van der Waals surface area contributed by atoms with Crippen molar-refractivity contribution >= 4 is 22.5 Å². The molecular weight excluding hydrogens is 300 g/mol. The highest BCUT2D eigenvalue weighted by Crippen LogP contribution is 2.24. The minimum atomic E-state index is -0.323. The van der Waals surface area contributed by atoms with Crippen molar-refractivity contribution in [1.82, 2.24) is 25.3 Å². The standard InChI is InChI=1S/C14H14N6OS/c1-9(12-16-5-6-17-12)18-13(21)20-14-19-11(8-22-14)10-3-2-4-15-7-10/h2-9H,1H3,(H,16,17)(H2,18,19,20,21)/t9-/m0/s1. The number of thiazole rings is 1. The van der Waals surface area contributed by atoms with Crippen molar-refractivity contribution in [1.29, 1.82) is 0 Å². The van der Waals surface area contributed by atoms with Gasteiger partial charge in [-0.3, -0.25) is 10.3 Å². The van der Waals surface area contributed by atoms with Crippen LogP contribution in [-0.4, -0.2) is 26.0 Å². The zero-order chi connectivity index (χ0) is 15.4. The minimum Gasteiger partial charge on any atom is -0.347 e. The van der Waals surface area contributed by atoms with Gasteiger partial charge in [0.15, 0.2) is 5.13 Å². The molecule has 1 atom stereocenters. The number of aromatic amines is 1. The maximum Gasteiger partial charge on any atom is 0.321 e. The van der Waals surface area contributed by atoms with Crippen LogP contribution in [0.3, 0.4) is 0 Å². The Hall–Kier alpha value is -2.74. The van der Waals surface area contributed by atoms with E-state index in [0.29, 0.717) is 11.0 Å². The Labute approximate surface area is 130 Å². The van der Waals surface area contributed by atoms with E-state index in [1.165, 1.54) is 11.3 Å². The number of imidazole rings is 1. The minimum absolute atomic E-state index is 0.215. The number of pyridine rings is 1. The zero-order valence-electron chi connectivity index (χ0n) is 11.8. The summed E-state index contributed by atoms with van der Waals surface area (Å²) in [6.45, 7) is 1.85. The maximum absolute atomic E-state index is 12.0. The number of carbonyl (C=O) groups excluding carboxylic acids is 1. The quantitative estimate of drug-likeness (QED) is 0.690. The Bertz CT molecular complexity index is 740. The topological polar surface area (TPSA) is 95.6 Å². The summed E-state index contributed by atoms with van der Waals surface area (Å²) in [7, 11) is 0. The summed E-state index contributed by atoms with van der Waals surface area (Å²) in [5.41, 5.74) is 1.70. The first-order valence-corrected chi connectivity index (χ1v) is 7.53. The molecular formula is C14H14N6OS. The summed E-state index contributed by atoms with van der Waals surface area (Å²) in [6, 6.07) is 3.23. The molecule has 0 radical (unpaired) electrons. The lowest BCUT2D eigenvalue weighted by Gasteiger charge is -2.11. The fourth-order valence-electron chi connectivity index (χ4n) is 1.89. The van der Waals surface area contributed by atoms with E-state index < -0.39 is 0 Å². The highest BCUT2D eigenvalue weighted by atomic mass is 32.1. The molecule has 2 amide bonds. The molecule has 0 aromatic carbocycles. The number of hydrogen-bond acceptors (Lipinski definition) is 5. The Morgan fingerprint density at radius 2 is 2.32 bits per heavy atom. The molecule has 0 saturated heterocycles. The van der Waals surface area contributed by atoms with Crippen molar-refractivity contribution in [3.8, 4) is 11.3 Å². The molecule has 0 aliphatic heterocycles. The molecule has 112 valence electrons. The molecule has 0 spiro atoms. The van der Waals surface area contributed by atoms with Crippen LogP contribution in [0, 0.1) is 0 Å². The van der Waals surface area contributed by atoms with Gasteiger partial charge in [0.05, 0.1) is 11.7 Å². The fourth-order valence-corrected chi connectivity index (χ4v) is 2.61. The molecule has 3 rings (SSSR count). The van der Waals surface area contributed by atoms with E-state index in [1.807, 2.05) is 24.4 Å². The van der Waals surface area contributed by atoms with Crippen LogP contribution in [0.2, 0.25) is 0 Å². The number of aromatic nitrogens is 4. The van der Waals surface area contributed by atoms with E-state index in [0.717, 1.165) is 11.3 Å². The Balaban J connectivity index is 1.62. The first-order chi connectivity index (χ1) is 10.7. The number of nitrogens with zero attached hydrogens (tertiary/aromatic N) is 3. The van der Waals surface area contributed by atoms with Gasteiger partial charge in [-0.15, -0.1) is 11.3 Å². The van der Waals surface area contributed by atoms with Crippen molar-refractivity contribution in [2.24, 2.45) is 0 Å². The highest BCUT2D eigenvalue weighted by Gasteiger charge is 2.13. The van der Waals surface area contributed by atoms with Gasteiger partial charge in [0.1, 0.15) is 5.82 Å². The van der Waals surface area contributed by atoms with Crippen molar-refractivity contribution in [3.05, 3.63) is 48.1 Å². The fraction of sp³-hybridized carbons (Fsp3) is 0.143. The van der Waals surface area contributed by atoms with Crippen molar-refractivity contribution in [2.45, 2.75) is 13.0 Å². The van der Waals surface area contributed by atoms with Gasteiger partial charge in [-0.2, -0.15) is 0 Å². The van der Waals surface area contributed by atoms with Crippen LogP contribution in [0.4, 0.5) is 9.93 Å². The third-order valence-corrected chi connectivity index (χ3v) is 3.72. The average molecular weight is 314 g/mol. The molecule has 0 aliphatic carbocycles. The molecule has 3 N–H and O–H groups in total. The summed E-state index contributed by atoms with van der Waals surface area (Å²) in [5.74, 6) is 0.699. The number of H-pyrrole nitrogens is 1. The first kappa shape index (κ1) is 14.2. The zero-order valence-corrected chi connectivity index (χ0v) is 12.6. The number of rotatable bonds is 4. The van der Waals surface area contributed by atoms with Gasteiger partial charge in [0.25, 0.3) is 0 Å². The number of amides is 2. The Morgan fingerprint density at radius 3 is 3.05 bits per heavy atom. The van der Waals surface area contributed by atoms with Gasteiger partial charge in [0.2, 0.25) is 0 Å². The SMILES string of the molecule is C[C@H](NC(=O)Nc1nc(-c2cccnc2)cs1)c1ncc[nH]1. The van der Waals surface area contributed by atoms with Crippen molar-refractivity contribution in [2.75, 3.05) is 5.32 Å². The molecule has 3 aromatic rings. The first-order valence-electron chi connectivity index (χ1n) is 6.65. The van der Waals surface area contributed by atoms with Gasteiger partial charge in [-0.05, 0) is 19.1 Å². The second-order valence-corrected chi connectivity index (χ2v) is 5.43. The molecule has 3 aromatic heterocycles. The molecule has 0 bridgehead atoms. The third-order valence-electron chi connectivity index (χ3n) is 2.96. The number of nitrogens with one attached hydrogen (secondary N) is 3. The Morgan fingerprint density at radius 1 is 1.41 bits per heavy atom. The second-order valence-electron chi connectivity index (χ2n) is 4.57. The number of urea groups is 1. The molecule has 0 saturated carbocycles. The van der Waals surface area contributed by atoms with E-state index in [2.05, 4.69) is 30.6 Å². The summed E-state index contributed by atoms with van der Waals surface area (Å²) >= 11 is 1.36. The van der Waals surface area contributed by atoms with Crippen molar-refractivity contribution in [3.63, 3.8) is 0 Å². The van der Waals surface area contributed by atoms with Crippen LogP contribution in [0.5, 0.6) is 0 Å². The van der Waals surface area contributed by atoms with E-state index in [9.17, 15) is 4.79 Å². The number of hydrogen-bond donors (Lipinski definition) is 3. The van der Waals surface area contributed by atoms with Gasteiger partial charge >= 0.3 is 6.03 Å². The summed E-state index contributed by atoms with van der Waals surface area (Å²) in [4.78, 5) is 27.4. The van der Waals surface area contributed by atoms with E-state index in [-0.39, 0.29) is 12.1 Å². The van der Waals surface area contributed by atoms with Gasteiger partial charge in [-0.1, -0.05) is 0 Å². The molecule has 8 heteroatoms. The lowest BCUT2D eigenvalue weighted by Crippen LogP contribution is -2.31. The van der Waals surface area contributed by atoms with E-state index in [1.54, 1.807) is 24.8 Å². The van der Waals surface area contributed by atoms with Crippen LogP contribution >= 0.6 is 11.3 Å². The number of carbonyl (C=O) groups is 1. The average Bonchev–Trinajstić information content (AvgIpc) is 3.19. The summed E-state index contributed by atoms with van der Waals surface area (Å²) < 4.78 is 0. The van der Waals surface area contributed by atoms with E-state index >= 15 is 0 Å². The largest absolute Gasteiger partial charge is 0.347 e. The smallest absolute Gasteiger partial charge is 0.321 e. The molecule has 0 fully saturated rings. The van der Waals surface area contributed by atoms with Crippen molar-refractivity contribution < 1.29 is 4.79 Å². The number of anilines is 1. The normalized spacial score (nSPS) is 11.9. The van der Waals surface area contributed by atoms with Crippen LogP contribution in [0.15, 0.2) is 42.3 Å². The molecule has 22 heavy (non-hydrogen) atoms. The van der Waals surface area contributed by atoms with E-state index in [4.69, 9.17) is 0 Å². The lowest BCUT2D eigenvalue weighted by molar-refractivity contribution is 0.249. The maximum atomic E-state index is 12.0. The summed E-state index contributed by atoms with van der Waals surface area (Å²) in [5, 5.41) is 7.92. The Kier molecular flexibility index (Phi) is 4.10. The lowest BCUT2D eigenvalue weighted by atomic mass is 10.2. The van der Waals surface area contributed by atoms with Crippen LogP contribution in [-0.2, 0) is 0 Å². The third kappa shape index (κ3) is 3.29. The monoisotopic (exact) mass is 314 g/mol. The second kappa shape index (κ2) is 6.35. The summed E-state index contributed by atoms with van der Waals surface area (Å²) in [6.07, 6.45) is 6.80. The van der Waals surface area contributed by atoms with Crippen LogP contribution in [0.25, 0.3) is 11.3 Å². The molecule has 7 nitrogen and oxygen atoms in total. The predicted octanol–water partition coefficient (Wildman–Crippen LogP) is 2.81. The van der Waals surface area contributed by atoms with Crippen LogP contribution < -0.4 is 10.6 Å². The van der Waals surface area contributed by atoms with Gasteiger partial charge in [-0.25, -0.2) is 14.8 Å². The van der Waals surface area contributed by atoms with Gasteiger partial charge in [0, 0.05) is 35.7 Å². The molecule has 3 heterocycles. The van der Waals surface area contributed by atoms with Crippen LogP contribution in [0.1, 0.15) is 18.8 Å². The molecule has 0 aliphatic rings. The highest BCUT2D eigenvalue weighted by molar-refractivity contribution is 7.14.